The van der Waals surface area contributed by atoms with Gasteiger partial charge < -0.3 is 9.80 Å². The molecule has 0 aliphatic rings. The van der Waals surface area contributed by atoms with Crippen LogP contribution in [-0.4, -0.2) is 7.05 Å². The van der Waals surface area contributed by atoms with E-state index in [2.05, 4.69) is 155 Å². The third kappa shape index (κ3) is 5.82. The van der Waals surface area contributed by atoms with Crippen molar-refractivity contribution in [1.82, 2.24) is 0 Å². The minimum absolute atomic E-state index is 0.425. The fraction of sp³-hybridized carbons (Fsp3) is 0.0244. The molecule has 0 fully saturated rings. The van der Waals surface area contributed by atoms with Crippen LogP contribution in [0.5, 0.6) is 0 Å². The Morgan fingerprint density at radius 3 is 1.36 bits per heavy atom. The molecule has 0 aliphatic heterocycles. The molecule has 0 saturated carbocycles. The maximum atomic E-state index is 10.8. The molecule has 0 radical (unpaired) electrons. The number of fused-ring (bicyclic) bond motifs is 1. The highest BCUT2D eigenvalue weighted by atomic mass is 16.3. The average molecular weight is 582 g/mol. The molecule has 0 aromatic heterocycles. The SMILES string of the molecule is CN(c1ccc(N=O)cc1)c1ccc(-c2ccc(N(c3ccc(-c4ccccc4)cc3)c3ccc4ccccc4c3)cc2)cc1. The van der Waals surface area contributed by atoms with Gasteiger partial charge in [-0.15, -0.1) is 4.91 Å². The molecule has 0 bridgehead atoms. The van der Waals surface area contributed by atoms with E-state index in [-0.39, 0.29) is 0 Å². The van der Waals surface area contributed by atoms with Gasteiger partial charge >= 0.3 is 0 Å². The Hall–Kier alpha value is -6.00. The zero-order valence-corrected chi connectivity index (χ0v) is 24.9. The fourth-order valence-corrected chi connectivity index (χ4v) is 5.76. The summed E-state index contributed by atoms with van der Waals surface area (Å²) < 4.78 is 0. The maximum absolute atomic E-state index is 10.8. The van der Waals surface area contributed by atoms with Crippen LogP contribution in [0.2, 0.25) is 0 Å². The standard InChI is InChI=1S/C41H31N3O/c1-43(38-27-18-36(42-45)19-28-38)37-20-11-33(12-21-37)34-15-24-40(25-16-34)44(41-26-17-31-9-5-6-10-35(31)29-41)39-22-13-32(14-23-39)30-7-3-2-4-8-30/h2-29H,1H3. The molecule has 0 saturated heterocycles. The van der Waals surface area contributed by atoms with Gasteiger partial charge in [0.2, 0.25) is 0 Å². The Labute approximate surface area is 263 Å². The van der Waals surface area contributed by atoms with Crippen molar-refractivity contribution in [3.8, 4) is 22.3 Å². The lowest BCUT2D eigenvalue weighted by atomic mass is 10.0. The largest absolute Gasteiger partial charge is 0.345 e. The number of nitroso groups, excluding NO2 is 1. The zero-order valence-electron chi connectivity index (χ0n) is 24.9. The van der Waals surface area contributed by atoms with E-state index in [9.17, 15) is 4.91 Å². The van der Waals surface area contributed by atoms with E-state index in [4.69, 9.17) is 0 Å². The molecular weight excluding hydrogens is 550 g/mol. The summed E-state index contributed by atoms with van der Waals surface area (Å²) in [5, 5.41) is 5.43. The summed E-state index contributed by atoms with van der Waals surface area (Å²) in [5.74, 6) is 0. The Morgan fingerprint density at radius 2 is 0.822 bits per heavy atom. The minimum Gasteiger partial charge on any atom is -0.345 e. The molecule has 216 valence electrons. The van der Waals surface area contributed by atoms with Gasteiger partial charge in [0.25, 0.3) is 0 Å². The van der Waals surface area contributed by atoms with Crippen LogP contribution in [0.1, 0.15) is 0 Å². The van der Waals surface area contributed by atoms with Crippen LogP contribution in [0.4, 0.5) is 34.1 Å². The Bertz CT molecular complexity index is 2050. The van der Waals surface area contributed by atoms with Crippen molar-refractivity contribution in [2.45, 2.75) is 0 Å². The normalized spacial score (nSPS) is 10.9. The molecule has 7 rings (SSSR count). The van der Waals surface area contributed by atoms with Gasteiger partial charge in [-0.2, -0.15) is 0 Å². The second-order valence-electron chi connectivity index (χ2n) is 11.0. The topological polar surface area (TPSA) is 35.9 Å². The lowest BCUT2D eigenvalue weighted by Gasteiger charge is -2.26. The number of anilines is 5. The summed E-state index contributed by atoms with van der Waals surface area (Å²) in [4.78, 5) is 15.2. The van der Waals surface area contributed by atoms with Gasteiger partial charge in [-0.1, -0.05) is 97.1 Å². The number of hydrogen-bond donors (Lipinski definition) is 0. The van der Waals surface area contributed by atoms with Crippen molar-refractivity contribution >= 4 is 44.9 Å². The van der Waals surface area contributed by atoms with Crippen molar-refractivity contribution in [2.24, 2.45) is 5.18 Å². The number of benzene rings is 7. The monoisotopic (exact) mass is 581 g/mol. The molecule has 4 heteroatoms. The van der Waals surface area contributed by atoms with E-state index < -0.39 is 0 Å². The van der Waals surface area contributed by atoms with Gasteiger partial charge in [-0.25, -0.2) is 0 Å². The van der Waals surface area contributed by atoms with Crippen LogP contribution in [-0.2, 0) is 0 Å². The second-order valence-corrected chi connectivity index (χ2v) is 11.0. The molecular formula is C41H31N3O. The first-order valence-corrected chi connectivity index (χ1v) is 15.0. The molecule has 7 aromatic rings. The molecule has 0 amide bonds. The molecule has 4 nitrogen and oxygen atoms in total. The van der Waals surface area contributed by atoms with E-state index in [1.807, 2.05) is 25.2 Å². The molecule has 0 spiro atoms. The van der Waals surface area contributed by atoms with E-state index in [1.165, 1.54) is 21.9 Å². The first-order chi connectivity index (χ1) is 22.2. The summed E-state index contributed by atoms with van der Waals surface area (Å²) in [6.45, 7) is 0. The number of nitrogens with zero attached hydrogens (tertiary/aromatic N) is 3. The van der Waals surface area contributed by atoms with Crippen molar-refractivity contribution < 1.29 is 0 Å². The molecule has 0 atom stereocenters. The van der Waals surface area contributed by atoms with Gasteiger partial charge in [0, 0.05) is 35.5 Å². The second kappa shape index (κ2) is 12.3. The average Bonchev–Trinajstić information content (AvgIpc) is 3.12. The summed E-state index contributed by atoms with van der Waals surface area (Å²) in [6, 6.07) is 58.9. The van der Waals surface area contributed by atoms with E-state index in [1.54, 1.807) is 12.1 Å². The first kappa shape index (κ1) is 27.8. The van der Waals surface area contributed by atoms with Crippen molar-refractivity contribution in [3.63, 3.8) is 0 Å². The number of rotatable bonds is 8. The van der Waals surface area contributed by atoms with Gasteiger partial charge in [-0.05, 0) is 111 Å². The van der Waals surface area contributed by atoms with Crippen molar-refractivity contribution in [3.05, 3.63) is 175 Å². The highest BCUT2D eigenvalue weighted by Crippen LogP contribution is 2.38. The summed E-state index contributed by atoms with van der Waals surface area (Å²) in [7, 11) is 2.01. The summed E-state index contributed by atoms with van der Waals surface area (Å²) >= 11 is 0. The van der Waals surface area contributed by atoms with Crippen LogP contribution in [0.25, 0.3) is 33.0 Å². The van der Waals surface area contributed by atoms with Crippen molar-refractivity contribution in [2.75, 3.05) is 16.8 Å². The molecule has 0 heterocycles. The van der Waals surface area contributed by atoms with E-state index in [0.717, 1.165) is 39.6 Å². The Kier molecular flexibility index (Phi) is 7.61. The highest BCUT2D eigenvalue weighted by molar-refractivity contribution is 5.89. The minimum atomic E-state index is 0.425. The molecule has 7 aromatic carbocycles. The van der Waals surface area contributed by atoms with Crippen LogP contribution >= 0.6 is 0 Å². The van der Waals surface area contributed by atoms with Gasteiger partial charge in [-0.3, -0.25) is 0 Å². The lowest BCUT2D eigenvalue weighted by molar-refractivity contribution is 1.21. The van der Waals surface area contributed by atoms with E-state index >= 15 is 0 Å². The molecule has 0 N–H and O–H groups in total. The first-order valence-electron chi connectivity index (χ1n) is 15.0. The van der Waals surface area contributed by atoms with Crippen LogP contribution in [0, 0.1) is 4.91 Å². The number of hydrogen-bond acceptors (Lipinski definition) is 4. The van der Waals surface area contributed by atoms with Crippen LogP contribution < -0.4 is 9.80 Å². The van der Waals surface area contributed by atoms with Gasteiger partial charge in [0.15, 0.2) is 0 Å². The highest BCUT2D eigenvalue weighted by Gasteiger charge is 2.14. The Morgan fingerprint density at radius 1 is 0.400 bits per heavy atom. The van der Waals surface area contributed by atoms with Crippen molar-refractivity contribution in [1.29, 1.82) is 0 Å². The van der Waals surface area contributed by atoms with Crippen LogP contribution in [0.15, 0.2) is 175 Å². The third-order valence-electron chi connectivity index (χ3n) is 8.28. The van der Waals surface area contributed by atoms with Crippen LogP contribution in [0.3, 0.4) is 0 Å². The summed E-state index contributed by atoms with van der Waals surface area (Å²) in [6.07, 6.45) is 0. The Balaban J connectivity index is 1.19. The molecule has 45 heavy (non-hydrogen) atoms. The smallest absolute Gasteiger partial charge is 0.108 e. The predicted octanol–water partition coefficient (Wildman–Crippen LogP) is 11.8. The van der Waals surface area contributed by atoms with Gasteiger partial charge in [0.05, 0.1) is 0 Å². The zero-order chi connectivity index (χ0) is 30.6. The summed E-state index contributed by atoms with van der Waals surface area (Å²) in [5.41, 5.74) is 10.5. The lowest BCUT2D eigenvalue weighted by Crippen LogP contribution is -2.10. The third-order valence-corrected chi connectivity index (χ3v) is 8.28. The quantitative estimate of drug-likeness (QED) is 0.167. The molecule has 0 aliphatic carbocycles. The predicted molar refractivity (Wildman–Crippen MR) is 189 cm³/mol. The van der Waals surface area contributed by atoms with E-state index in [0.29, 0.717) is 5.69 Å². The van der Waals surface area contributed by atoms with Gasteiger partial charge in [0.1, 0.15) is 5.69 Å². The fourth-order valence-electron chi connectivity index (χ4n) is 5.76. The molecule has 0 unspecified atom stereocenters. The maximum Gasteiger partial charge on any atom is 0.108 e.